The monoisotopic (exact) mass is 359 g/mol. The summed E-state index contributed by atoms with van der Waals surface area (Å²) in [5, 5.41) is 6.01. The Kier molecular flexibility index (Phi) is 6.99. The maximum atomic E-state index is 12.4. The second kappa shape index (κ2) is 10.1. The minimum absolute atomic E-state index is 0.172. The van der Waals surface area contributed by atoms with Crippen molar-refractivity contribution in [2.45, 2.75) is 25.3 Å². The van der Waals surface area contributed by atoms with Crippen LogP contribution in [0.2, 0.25) is 0 Å². The van der Waals surface area contributed by atoms with Gasteiger partial charge in [-0.15, -0.1) is 0 Å². The van der Waals surface area contributed by atoms with Gasteiger partial charge in [0, 0.05) is 12.7 Å². The summed E-state index contributed by atoms with van der Waals surface area (Å²) in [7, 11) is 0. The largest absolute Gasteiger partial charge is 0.338 e. The molecule has 3 rings (SSSR count). The molecule has 0 aliphatic heterocycles. The Morgan fingerprint density at radius 2 is 1.56 bits per heavy atom. The molecule has 0 bridgehead atoms. The molecule has 0 aliphatic rings. The lowest BCUT2D eigenvalue weighted by atomic mass is 10.0. The molecule has 0 saturated carbocycles. The molecular formula is C23H25N3O. The van der Waals surface area contributed by atoms with Gasteiger partial charge in [-0.25, -0.2) is 4.79 Å². The van der Waals surface area contributed by atoms with Crippen LogP contribution in [-0.4, -0.2) is 17.6 Å². The molecule has 1 unspecified atom stereocenters. The predicted molar refractivity (Wildman–Crippen MR) is 108 cm³/mol. The normalized spacial score (nSPS) is 11.6. The van der Waals surface area contributed by atoms with Crippen LogP contribution in [0.4, 0.5) is 4.79 Å². The zero-order chi connectivity index (χ0) is 18.7. The number of urea groups is 1. The van der Waals surface area contributed by atoms with Crippen molar-refractivity contribution in [3.8, 4) is 0 Å². The Balaban J connectivity index is 1.49. The molecule has 3 aromatic rings. The Hall–Kier alpha value is -3.14. The van der Waals surface area contributed by atoms with Crippen LogP contribution in [0, 0.1) is 0 Å². The summed E-state index contributed by atoms with van der Waals surface area (Å²) in [5.41, 5.74) is 3.17. The van der Waals surface area contributed by atoms with Gasteiger partial charge in [-0.05, 0) is 42.5 Å². The lowest BCUT2D eigenvalue weighted by molar-refractivity contribution is 0.238. The molecule has 1 atom stereocenters. The summed E-state index contributed by atoms with van der Waals surface area (Å²) >= 11 is 0. The summed E-state index contributed by atoms with van der Waals surface area (Å²) < 4.78 is 0. The Labute approximate surface area is 160 Å². The van der Waals surface area contributed by atoms with Gasteiger partial charge in [0.1, 0.15) is 0 Å². The third-order valence-electron chi connectivity index (χ3n) is 4.41. The van der Waals surface area contributed by atoms with E-state index in [0.29, 0.717) is 6.54 Å². The van der Waals surface area contributed by atoms with Crippen LogP contribution in [0.25, 0.3) is 0 Å². The first-order chi connectivity index (χ1) is 13.3. The highest BCUT2D eigenvalue weighted by atomic mass is 16.2. The number of carbonyl (C=O) groups is 1. The number of pyridine rings is 1. The highest BCUT2D eigenvalue weighted by Gasteiger charge is 2.17. The van der Waals surface area contributed by atoms with E-state index < -0.39 is 0 Å². The van der Waals surface area contributed by atoms with Crippen molar-refractivity contribution in [2.75, 3.05) is 6.54 Å². The molecule has 2 N–H and O–H groups in total. The summed E-state index contributed by atoms with van der Waals surface area (Å²) in [4.78, 5) is 16.8. The molecule has 4 heteroatoms. The van der Waals surface area contributed by atoms with Crippen molar-refractivity contribution >= 4 is 6.03 Å². The topological polar surface area (TPSA) is 54.0 Å². The van der Waals surface area contributed by atoms with E-state index in [1.165, 1.54) is 5.56 Å². The molecule has 1 aromatic heterocycles. The third-order valence-corrected chi connectivity index (χ3v) is 4.41. The van der Waals surface area contributed by atoms with Crippen molar-refractivity contribution < 1.29 is 4.79 Å². The fraction of sp³-hybridized carbons (Fsp3) is 0.217. The van der Waals surface area contributed by atoms with Crippen molar-refractivity contribution in [3.63, 3.8) is 0 Å². The van der Waals surface area contributed by atoms with Crippen molar-refractivity contribution in [1.29, 1.82) is 0 Å². The maximum absolute atomic E-state index is 12.4. The van der Waals surface area contributed by atoms with Gasteiger partial charge < -0.3 is 10.6 Å². The van der Waals surface area contributed by atoms with Crippen molar-refractivity contribution in [1.82, 2.24) is 15.6 Å². The molecule has 0 spiro atoms. The summed E-state index contributed by atoms with van der Waals surface area (Å²) in [5.74, 6) is 0. The second-order valence-electron chi connectivity index (χ2n) is 6.44. The number of hydrogen-bond acceptors (Lipinski definition) is 2. The van der Waals surface area contributed by atoms with E-state index >= 15 is 0 Å². The van der Waals surface area contributed by atoms with Crippen LogP contribution >= 0.6 is 0 Å². The van der Waals surface area contributed by atoms with Crippen LogP contribution < -0.4 is 10.6 Å². The van der Waals surface area contributed by atoms with E-state index in [1.54, 1.807) is 6.20 Å². The highest BCUT2D eigenvalue weighted by molar-refractivity contribution is 5.74. The third kappa shape index (κ3) is 5.96. The number of nitrogens with one attached hydrogen (secondary N) is 2. The first kappa shape index (κ1) is 18.6. The van der Waals surface area contributed by atoms with Crippen molar-refractivity contribution in [3.05, 3.63) is 102 Å². The quantitative estimate of drug-likeness (QED) is 0.582. The van der Waals surface area contributed by atoms with E-state index in [2.05, 4.69) is 39.9 Å². The number of rotatable bonds is 8. The van der Waals surface area contributed by atoms with Crippen LogP contribution in [0.3, 0.4) is 0 Å². The molecule has 138 valence electrons. The SMILES string of the molecule is O=C(NCCCCc1ccccc1)NC(c1ccccc1)c1ccccn1. The van der Waals surface area contributed by atoms with Gasteiger partial charge in [-0.3, -0.25) is 4.98 Å². The highest BCUT2D eigenvalue weighted by Crippen LogP contribution is 2.19. The molecule has 0 radical (unpaired) electrons. The van der Waals surface area contributed by atoms with Crippen LogP contribution in [-0.2, 0) is 6.42 Å². The number of unbranched alkanes of at least 4 members (excludes halogenated alkanes) is 1. The van der Waals surface area contributed by atoms with Crippen LogP contribution in [0.15, 0.2) is 85.1 Å². The number of aryl methyl sites for hydroxylation is 1. The van der Waals surface area contributed by atoms with E-state index in [9.17, 15) is 4.79 Å². The Bertz CT molecular complexity index is 767. The number of carbonyl (C=O) groups excluding carboxylic acids is 1. The van der Waals surface area contributed by atoms with Gasteiger partial charge in [-0.2, -0.15) is 0 Å². The molecule has 27 heavy (non-hydrogen) atoms. The summed E-state index contributed by atoms with van der Waals surface area (Å²) in [6.45, 7) is 0.655. The molecular weight excluding hydrogens is 334 g/mol. The van der Waals surface area contributed by atoms with Gasteiger partial charge in [0.05, 0.1) is 11.7 Å². The number of aromatic nitrogens is 1. The van der Waals surface area contributed by atoms with E-state index in [1.807, 2.05) is 54.6 Å². The van der Waals surface area contributed by atoms with Gasteiger partial charge >= 0.3 is 6.03 Å². The second-order valence-corrected chi connectivity index (χ2v) is 6.44. The molecule has 4 nitrogen and oxygen atoms in total. The lowest BCUT2D eigenvalue weighted by Crippen LogP contribution is -2.39. The number of hydrogen-bond donors (Lipinski definition) is 2. The fourth-order valence-corrected chi connectivity index (χ4v) is 3.00. The molecule has 1 heterocycles. The van der Waals surface area contributed by atoms with Crippen LogP contribution in [0.5, 0.6) is 0 Å². The molecule has 0 fully saturated rings. The minimum atomic E-state index is -0.267. The zero-order valence-electron chi connectivity index (χ0n) is 15.3. The van der Waals surface area contributed by atoms with Gasteiger partial charge in [0.25, 0.3) is 0 Å². The predicted octanol–water partition coefficient (Wildman–Crippen LogP) is 4.49. The fourth-order valence-electron chi connectivity index (χ4n) is 3.00. The number of amides is 2. The maximum Gasteiger partial charge on any atom is 0.315 e. The number of nitrogens with zero attached hydrogens (tertiary/aromatic N) is 1. The zero-order valence-corrected chi connectivity index (χ0v) is 15.3. The van der Waals surface area contributed by atoms with Crippen molar-refractivity contribution in [2.24, 2.45) is 0 Å². The molecule has 0 aliphatic carbocycles. The standard InChI is InChI=1S/C23H25N3O/c27-23(25-18-9-7-13-19-11-3-1-4-12-19)26-22(20-14-5-2-6-15-20)21-16-8-10-17-24-21/h1-6,8,10-12,14-17,22H,7,9,13,18H2,(H2,25,26,27). The van der Waals surface area contributed by atoms with E-state index in [4.69, 9.17) is 0 Å². The average Bonchev–Trinajstić information content (AvgIpc) is 2.74. The van der Waals surface area contributed by atoms with Crippen LogP contribution in [0.1, 0.15) is 35.7 Å². The Morgan fingerprint density at radius 1 is 0.852 bits per heavy atom. The smallest absolute Gasteiger partial charge is 0.315 e. The van der Waals surface area contributed by atoms with Gasteiger partial charge in [0.2, 0.25) is 0 Å². The Morgan fingerprint density at radius 3 is 2.26 bits per heavy atom. The summed E-state index contributed by atoms with van der Waals surface area (Å²) in [6, 6.07) is 25.6. The minimum Gasteiger partial charge on any atom is -0.338 e. The first-order valence-electron chi connectivity index (χ1n) is 9.37. The lowest BCUT2D eigenvalue weighted by Gasteiger charge is -2.19. The van der Waals surface area contributed by atoms with Gasteiger partial charge in [-0.1, -0.05) is 66.7 Å². The molecule has 2 aromatic carbocycles. The summed E-state index contributed by atoms with van der Waals surface area (Å²) in [6.07, 6.45) is 4.77. The van der Waals surface area contributed by atoms with Gasteiger partial charge in [0.15, 0.2) is 0 Å². The molecule has 0 saturated heterocycles. The molecule has 2 amide bonds. The van der Waals surface area contributed by atoms with E-state index in [0.717, 1.165) is 30.5 Å². The average molecular weight is 359 g/mol. The van der Waals surface area contributed by atoms with E-state index in [-0.39, 0.29) is 12.1 Å². The number of benzene rings is 2. The first-order valence-corrected chi connectivity index (χ1v) is 9.37.